The van der Waals surface area contributed by atoms with Crippen LogP contribution in [0, 0.1) is 23.0 Å². The lowest BCUT2D eigenvalue weighted by Crippen LogP contribution is -2.45. The van der Waals surface area contributed by atoms with Crippen LogP contribution in [-0.2, 0) is 7.05 Å². The number of nitro groups is 1. The highest BCUT2D eigenvalue weighted by molar-refractivity contribution is 5.57. The molecule has 0 aliphatic carbocycles. The van der Waals surface area contributed by atoms with Crippen molar-refractivity contribution in [2.45, 2.75) is 32.7 Å². The van der Waals surface area contributed by atoms with Crippen LogP contribution in [0.5, 0.6) is 0 Å². The van der Waals surface area contributed by atoms with Crippen LogP contribution < -0.4 is 10.6 Å². The lowest BCUT2D eigenvalue weighted by molar-refractivity contribution is -0.388. The summed E-state index contributed by atoms with van der Waals surface area (Å²) in [5, 5.41) is 11.2. The summed E-state index contributed by atoms with van der Waals surface area (Å²) in [5.41, 5.74) is 5.75. The van der Waals surface area contributed by atoms with Crippen molar-refractivity contribution in [3.8, 4) is 0 Å². The SMILES string of the molecule is Cc1nc([N+](=O)[O-])c(N2CC(CN)CCC2C)n1C. The van der Waals surface area contributed by atoms with E-state index in [2.05, 4.69) is 16.8 Å². The minimum atomic E-state index is -0.402. The molecular weight excluding hydrogens is 246 g/mol. The Morgan fingerprint density at radius 2 is 2.21 bits per heavy atom. The van der Waals surface area contributed by atoms with Crippen molar-refractivity contribution in [2.75, 3.05) is 18.0 Å². The van der Waals surface area contributed by atoms with Crippen molar-refractivity contribution in [1.82, 2.24) is 9.55 Å². The molecule has 106 valence electrons. The van der Waals surface area contributed by atoms with Gasteiger partial charge in [0.05, 0.1) is 0 Å². The Hall–Kier alpha value is -1.63. The summed E-state index contributed by atoms with van der Waals surface area (Å²) < 4.78 is 1.80. The molecule has 2 atom stereocenters. The maximum Gasteiger partial charge on any atom is 0.406 e. The minimum Gasteiger partial charge on any atom is -0.358 e. The second kappa shape index (κ2) is 5.16. The fourth-order valence-corrected chi connectivity index (χ4v) is 2.69. The summed E-state index contributed by atoms with van der Waals surface area (Å²) in [6.07, 6.45) is 2.09. The van der Waals surface area contributed by atoms with Gasteiger partial charge in [0, 0.05) is 26.6 Å². The molecule has 0 amide bonds. The Labute approximate surface area is 112 Å². The third kappa shape index (κ3) is 2.42. The molecule has 1 aromatic rings. The lowest BCUT2D eigenvalue weighted by Gasteiger charge is -2.38. The van der Waals surface area contributed by atoms with Crippen molar-refractivity contribution < 1.29 is 4.92 Å². The number of anilines is 1. The number of aryl methyl sites for hydroxylation is 1. The summed E-state index contributed by atoms with van der Waals surface area (Å²) in [6.45, 7) is 5.26. The average molecular weight is 267 g/mol. The van der Waals surface area contributed by atoms with E-state index in [4.69, 9.17) is 5.73 Å². The normalized spacial score (nSPS) is 23.7. The minimum absolute atomic E-state index is 0.0514. The van der Waals surface area contributed by atoms with Gasteiger partial charge in [-0.1, -0.05) is 0 Å². The summed E-state index contributed by atoms with van der Waals surface area (Å²) in [5.74, 6) is 1.60. The van der Waals surface area contributed by atoms with E-state index in [1.807, 2.05) is 7.05 Å². The Kier molecular flexibility index (Phi) is 3.75. The van der Waals surface area contributed by atoms with Gasteiger partial charge in [0.25, 0.3) is 0 Å². The smallest absolute Gasteiger partial charge is 0.358 e. The number of piperidine rings is 1. The fourth-order valence-electron chi connectivity index (χ4n) is 2.69. The second-order valence-corrected chi connectivity index (χ2v) is 5.30. The first-order valence-corrected chi connectivity index (χ1v) is 6.60. The van der Waals surface area contributed by atoms with Crippen LogP contribution in [0.2, 0.25) is 0 Å². The quantitative estimate of drug-likeness (QED) is 0.656. The highest BCUT2D eigenvalue weighted by Crippen LogP contribution is 2.34. The highest BCUT2D eigenvalue weighted by atomic mass is 16.6. The van der Waals surface area contributed by atoms with Gasteiger partial charge in [0.2, 0.25) is 11.6 Å². The molecule has 0 bridgehead atoms. The Balaban J connectivity index is 2.41. The van der Waals surface area contributed by atoms with Gasteiger partial charge in [0.15, 0.2) is 0 Å². The highest BCUT2D eigenvalue weighted by Gasteiger charge is 2.34. The molecule has 2 N–H and O–H groups in total. The predicted molar refractivity (Wildman–Crippen MR) is 73.2 cm³/mol. The maximum absolute atomic E-state index is 11.2. The van der Waals surface area contributed by atoms with E-state index in [0.717, 1.165) is 19.4 Å². The molecule has 1 aliphatic heterocycles. The van der Waals surface area contributed by atoms with Crippen molar-refractivity contribution in [1.29, 1.82) is 0 Å². The monoisotopic (exact) mass is 267 g/mol. The zero-order valence-electron chi connectivity index (χ0n) is 11.7. The van der Waals surface area contributed by atoms with Crippen LogP contribution in [0.15, 0.2) is 0 Å². The van der Waals surface area contributed by atoms with Gasteiger partial charge >= 0.3 is 5.82 Å². The molecule has 0 radical (unpaired) electrons. The number of rotatable bonds is 3. The van der Waals surface area contributed by atoms with E-state index >= 15 is 0 Å². The van der Waals surface area contributed by atoms with E-state index in [9.17, 15) is 10.1 Å². The molecule has 1 aromatic heterocycles. The van der Waals surface area contributed by atoms with Crippen LogP contribution in [0.4, 0.5) is 11.6 Å². The van der Waals surface area contributed by atoms with E-state index < -0.39 is 4.92 Å². The van der Waals surface area contributed by atoms with Gasteiger partial charge in [-0.15, -0.1) is 0 Å². The summed E-state index contributed by atoms with van der Waals surface area (Å²) in [7, 11) is 1.82. The molecule has 1 aliphatic rings. The van der Waals surface area contributed by atoms with Crippen molar-refractivity contribution in [2.24, 2.45) is 18.7 Å². The van der Waals surface area contributed by atoms with Crippen LogP contribution in [0.3, 0.4) is 0 Å². The topological polar surface area (TPSA) is 90.2 Å². The molecule has 0 aromatic carbocycles. The van der Waals surface area contributed by atoms with E-state index in [0.29, 0.717) is 24.1 Å². The zero-order chi connectivity index (χ0) is 14.2. The number of aromatic nitrogens is 2. The van der Waals surface area contributed by atoms with Gasteiger partial charge in [-0.3, -0.25) is 4.57 Å². The number of hydrogen-bond donors (Lipinski definition) is 1. The van der Waals surface area contributed by atoms with Gasteiger partial charge in [-0.2, -0.15) is 0 Å². The predicted octanol–water partition coefficient (Wildman–Crippen LogP) is 1.20. The molecular formula is C12H21N5O2. The third-order valence-corrected chi connectivity index (χ3v) is 4.03. The molecule has 19 heavy (non-hydrogen) atoms. The van der Waals surface area contributed by atoms with Crippen molar-refractivity contribution >= 4 is 11.6 Å². The zero-order valence-corrected chi connectivity index (χ0v) is 11.7. The standard InChI is InChI=1S/C12H21N5O2/c1-8-4-5-10(6-13)7-16(8)12-11(17(18)19)14-9(2)15(12)3/h8,10H,4-7,13H2,1-3H3. The van der Waals surface area contributed by atoms with E-state index in [1.54, 1.807) is 11.5 Å². The number of nitrogens with zero attached hydrogens (tertiary/aromatic N) is 4. The van der Waals surface area contributed by atoms with Crippen molar-refractivity contribution in [3.63, 3.8) is 0 Å². The molecule has 1 fully saturated rings. The summed E-state index contributed by atoms with van der Waals surface area (Å²) >= 11 is 0. The first-order chi connectivity index (χ1) is 8.95. The molecule has 2 heterocycles. The molecule has 0 saturated carbocycles. The fraction of sp³-hybridized carbons (Fsp3) is 0.750. The first kappa shape index (κ1) is 13.8. The third-order valence-electron chi connectivity index (χ3n) is 4.03. The molecule has 2 rings (SSSR count). The Morgan fingerprint density at radius 1 is 1.53 bits per heavy atom. The Morgan fingerprint density at radius 3 is 2.79 bits per heavy atom. The van der Waals surface area contributed by atoms with Crippen LogP contribution in [-0.4, -0.2) is 33.6 Å². The summed E-state index contributed by atoms with van der Waals surface area (Å²) in [6, 6.07) is 0.274. The molecule has 0 spiro atoms. The molecule has 7 nitrogen and oxygen atoms in total. The summed E-state index contributed by atoms with van der Waals surface area (Å²) in [4.78, 5) is 16.9. The van der Waals surface area contributed by atoms with Gasteiger partial charge in [-0.25, -0.2) is 0 Å². The number of nitrogens with two attached hydrogens (primary N) is 1. The molecule has 1 saturated heterocycles. The van der Waals surface area contributed by atoms with Gasteiger partial charge in [-0.05, 0) is 42.1 Å². The lowest BCUT2D eigenvalue weighted by atomic mass is 9.93. The first-order valence-electron chi connectivity index (χ1n) is 6.60. The second-order valence-electron chi connectivity index (χ2n) is 5.30. The van der Waals surface area contributed by atoms with Gasteiger partial charge in [0.1, 0.15) is 0 Å². The van der Waals surface area contributed by atoms with E-state index in [-0.39, 0.29) is 11.9 Å². The Bertz CT molecular complexity index is 485. The van der Waals surface area contributed by atoms with Crippen molar-refractivity contribution in [3.05, 3.63) is 15.9 Å². The van der Waals surface area contributed by atoms with Gasteiger partial charge < -0.3 is 20.7 Å². The number of imidazole rings is 1. The number of hydrogen-bond acceptors (Lipinski definition) is 5. The maximum atomic E-state index is 11.2. The van der Waals surface area contributed by atoms with Crippen LogP contribution in [0.25, 0.3) is 0 Å². The molecule has 7 heteroatoms. The molecule has 2 unspecified atom stereocenters. The van der Waals surface area contributed by atoms with E-state index in [1.165, 1.54) is 0 Å². The van der Waals surface area contributed by atoms with Crippen LogP contribution >= 0.6 is 0 Å². The largest absolute Gasteiger partial charge is 0.406 e. The average Bonchev–Trinajstić information content (AvgIpc) is 2.67. The van der Waals surface area contributed by atoms with Crippen LogP contribution in [0.1, 0.15) is 25.6 Å².